The van der Waals surface area contributed by atoms with Gasteiger partial charge in [0, 0.05) is 10.6 Å². The molecular weight excluding hydrogens is 295 g/mol. The Balaban J connectivity index is 2.31. The van der Waals surface area contributed by atoms with Crippen molar-refractivity contribution in [3.05, 3.63) is 29.6 Å². The topological polar surface area (TPSA) is 111 Å². The number of hydrogen-bond donors (Lipinski definition) is 3. The molecule has 2 aromatic rings. The molecule has 1 heterocycles. The molecule has 10 heteroatoms. The number of nitrogens with two attached hydrogens (primary N) is 2. The number of anilines is 1. The first-order valence-corrected chi connectivity index (χ1v) is 5.96. The van der Waals surface area contributed by atoms with Crippen LogP contribution in [0.1, 0.15) is 16.2 Å². The Kier molecular flexibility index (Phi) is 3.57. The number of halogens is 3. The second-order valence-electron chi connectivity index (χ2n) is 3.69. The summed E-state index contributed by atoms with van der Waals surface area (Å²) < 4.78 is 37.1. The van der Waals surface area contributed by atoms with E-state index >= 15 is 0 Å². The predicted octanol–water partition coefficient (Wildman–Crippen LogP) is 1.66. The number of carbonyl (C=O) groups excluding carboxylic acids is 1. The Bertz CT molecular complexity index is 655. The molecule has 1 aromatic heterocycles. The van der Waals surface area contributed by atoms with Crippen LogP contribution in [0.15, 0.2) is 28.3 Å². The summed E-state index contributed by atoms with van der Waals surface area (Å²) in [5.41, 5.74) is 11.1. The molecule has 6 nitrogen and oxygen atoms in total. The molecule has 1 amide bonds. The lowest BCUT2D eigenvalue weighted by molar-refractivity contribution is -0.144. The van der Waals surface area contributed by atoms with Gasteiger partial charge in [-0.2, -0.15) is 18.2 Å². The van der Waals surface area contributed by atoms with Crippen LogP contribution in [0.5, 0.6) is 0 Å². The Hall–Kier alpha value is -2.23. The molecule has 106 valence electrons. The van der Waals surface area contributed by atoms with Crippen molar-refractivity contribution in [3.8, 4) is 0 Å². The number of nitrogen functional groups attached to an aromatic ring is 1. The molecule has 0 aliphatic heterocycles. The smallest absolute Gasteiger partial charge is 0.399 e. The minimum absolute atomic E-state index is 0.0911. The summed E-state index contributed by atoms with van der Waals surface area (Å²) in [6.45, 7) is 0. The van der Waals surface area contributed by atoms with Crippen molar-refractivity contribution < 1.29 is 18.0 Å². The van der Waals surface area contributed by atoms with E-state index in [0.717, 1.165) is 11.8 Å². The van der Waals surface area contributed by atoms with Crippen LogP contribution in [0.4, 0.5) is 18.9 Å². The van der Waals surface area contributed by atoms with Gasteiger partial charge in [-0.15, -0.1) is 5.10 Å². The van der Waals surface area contributed by atoms with Crippen LogP contribution in [0.3, 0.4) is 0 Å². The fourth-order valence-electron chi connectivity index (χ4n) is 1.35. The van der Waals surface area contributed by atoms with Crippen molar-refractivity contribution >= 4 is 23.4 Å². The summed E-state index contributed by atoms with van der Waals surface area (Å²) in [5, 5.41) is 5.03. The normalized spacial score (nSPS) is 11.6. The van der Waals surface area contributed by atoms with E-state index in [1.165, 1.54) is 18.2 Å². The number of alkyl halides is 3. The summed E-state index contributed by atoms with van der Waals surface area (Å²) in [6.07, 6.45) is -4.61. The Labute approximate surface area is 114 Å². The zero-order valence-corrected chi connectivity index (χ0v) is 10.5. The number of hydrogen-bond acceptors (Lipinski definition) is 5. The van der Waals surface area contributed by atoms with Gasteiger partial charge in [-0.05, 0) is 30.0 Å². The van der Waals surface area contributed by atoms with Gasteiger partial charge in [-0.3, -0.25) is 9.89 Å². The number of carbonyl (C=O) groups is 1. The molecule has 0 saturated carbocycles. The van der Waals surface area contributed by atoms with Crippen molar-refractivity contribution in [2.45, 2.75) is 16.2 Å². The lowest BCUT2D eigenvalue weighted by Crippen LogP contribution is -2.12. The number of nitrogens with zero attached hydrogens (tertiary/aromatic N) is 2. The minimum Gasteiger partial charge on any atom is -0.399 e. The first kappa shape index (κ1) is 14.2. The number of aromatic amines is 1. The first-order chi connectivity index (χ1) is 9.27. The molecule has 0 saturated heterocycles. The third-order valence-corrected chi connectivity index (χ3v) is 3.14. The van der Waals surface area contributed by atoms with Crippen molar-refractivity contribution in [2.24, 2.45) is 5.73 Å². The number of H-pyrrole nitrogens is 1. The van der Waals surface area contributed by atoms with E-state index in [4.69, 9.17) is 11.5 Å². The monoisotopic (exact) mass is 303 g/mol. The summed E-state index contributed by atoms with van der Waals surface area (Å²) in [6, 6.07) is 4.29. The third-order valence-electron chi connectivity index (χ3n) is 2.20. The van der Waals surface area contributed by atoms with Crippen molar-refractivity contribution in [1.82, 2.24) is 15.2 Å². The molecule has 0 bridgehead atoms. The maximum Gasteiger partial charge on any atom is 0.451 e. The molecule has 20 heavy (non-hydrogen) atoms. The third kappa shape index (κ3) is 3.02. The second-order valence-corrected chi connectivity index (χ2v) is 4.70. The molecule has 0 unspecified atom stereocenters. The van der Waals surface area contributed by atoms with Gasteiger partial charge >= 0.3 is 6.18 Å². The van der Waals surface area contributed by atoms with E-state index in [1.807, 2.05) is 0 Å². The van der Waals surface area contributed by atoms with Gasteiger partial charge in [-0.25, -0.2) is 0 Å². The predicted molar refractivity (Wildman–Crippen MR) is 64.9 cm³/mol. The number of aromatic nitrogens is 3. The fraction of sp³-hybridized carbons (Fsp3) is 0.100. The summed E-state index contributed by atoms with van der Waals surface area (Å²) in [5.74, 6) is -1.96. The van der Waals surface area contributed by atoms with Crippen LogP contribution in [0.25, 0.3) is 0 Å². The van der Waals surface area contributed by atoms with E-state index in [9.17, 15) is 18.0 Å². The molecule has 0 atom stereocenters. The van der Waals surface area contributed by atoms with Crippen molar-refractivity contribution in [2.75, 3.05) is 5.73 Å². The fourth-order valence-corrected chi connectivity index (χ4v) is 2.18. The van der Waals surface area contributed by atoms with E-state index in [-0.39, 0.29) is 10.7 Å². The average molecular weight is 303 g/mol. The number of benzene rings is 1. The molecular formula is C10H8F3N5OS. The van der Waals surface area contributed by atoms with Crippen LogP contribution in [0.2, 0.25) is 0 Å². The Morgan fingerprint density at radius 2 is 2.05 bits per heavy atom. The van der Waals surface area contributed by atoms with Gasteiger partial charge in [0.1, 0.15) is 0 Å². The van der Waals surface area contributed by atoms with Gasteiger partial charge in [0.15, 0.2) is 0 Å². The quantitative estimate of drug-likeness (QED) is 0.747. The highest BCUT2D eigenvalue weighted by molar-refractivity contribution is 7.99. The molecule has 0 aliphatic rings. The lowest BCUT2D eigenvalue weighted by atomic mass is 10.2. The highest BCUT2D eigenvalue weighted by Gasteiger charge is 2.35. The van der Waals surface area contributed by atoms with Crippen LogP contribution in [-0.2, 0) is 6.18 Å². The average Bonchev–Trinajstić information content (AvgIpc) is 2.79. The molecule has 2 rings (SSSR count). The van der Waals surface area contributed by atoms with E-state index in [1.54, 1.807) is 5.10 Å². The standard InChI is InChI=1S/C10H8F3N5OS/c11-10(12,13)8-16-9(18-17-8)20-6-2-1-4(14)3-5(6)7(15)19/h1-3H,14H2,(H2,15,19)(H,16,17,18). The van der Waals surface area contributed by atoms with Gasteiger partial charge in [0.2, 0.25) is 16.9 Å². The maximum absolute atomic E-state index is 12.4. The summed E-state index contributed by atoms with van der Waals surface area (Å²) >= 11 is 0.778. The summed E-state index contributed by atoms with van der Waals surface area (Å²) in [7, 11) is 0. The van der Waals surface area contributed by atoms with Crippen molar-refractivity contribution in [3.63, 3.8) is 0 Å². The van der Waals surface area contributed by atoms with Gasteiger partial charge in [0.25, 0.3) is 0 Å². The molecule has 0 fully saturated rings. The van der Waals surface area contributed by atoms with E-state index in [0.29, 0.717) is 10.6 Å². The largest absolute Gasteiger partial charge is 0.451 e. The second kappa shape index (κ2) is 5.04. The minimum atomic E-state index is -4.61. The van der Waals surface area contributed by atoms with Crippen LogP contribution in [0, 0.1) is 0 Å². The number of nitrogens with one attached hydrogen (secondary N) is 1. The SMILES string of the molecule is NC(=O)c1cc(N)ccc1Sc1n[nH]c(C(F)(F)F)n1. The zero-order chi connectivity index (χ0) is 14.9. The van der Waals surface area contributed by atoms with Crippen LogP contribution in [-0.4, -0.2) is 21.1 Å². The lowest BCUT2D eigenvalue weighted by Gasteiger charge is -2.04. The van der Waals surface area contributed by atoms with Gasteiger partial charge in [-0.1, -0.05) is 0 Å². The Morgan fingerprint density at radius 1 is 1.35 bits per heavy atom. The van der Waals surface area contributed by atoms with E-state index < -0.39 is 17.9 Å². The Morgan fingerprint density at radius 3 is 2.60 bits per heavy atom. The van der Waals surface area contributed by atoms with Gasteiger partial charge < -0.3 is 11.5 Å². The number of amides is 1. The summed E-state index contributed by atoms with van der Waals surface area (Å²) in [4.78, 5) is 14.9. The first-order valence-electron chi connectivity index (χ1n) is 5.14. The van der Waals surface area contributed by atoms with Crippen LogP contribution >= 0.6 is 11.8 Å². The van der Waals surface area contributed by atoms with Gasteiger partial charge in [0.05, 0.1) is 5.56 Å². The zero-order valence-electron chi connectivity index (χ0n) is 9.73. The molecule has 0 radical (unpaired) electrons. The number of primary amides is 1. The number of rotatable bonds is 3. The molecule has 1 aromatic carbocycles. The highest BCUT2D eigenvalue weighted by Crippen LogP contribution is 2.32. The highest BCUT2D eigenvalue weighted by atomic mass is 32.2. The molecule has 0 spiro atoms. The molecule has 5 N–H and O–H groups in total. The molecule has 0 aliphatic carbocycles. The van der Waals surface area contributed by atoms with Crippen LogP contribution < -0.4 is 11.5 Å². The van der Waals surface area contributed by atoms with Crippen molar-refractivity contribution in [1.29, 1.82) is 0 Å². The maximum atomic E-state index is 12.4. The van der Waals surface area contributed by atoms with E-state index in [2.05, 4.69) is 10.1 Å².